The summed E-state index contributed by atoms with van der Waals surface area (Å²) in [7, 11) is 0. The van der Waals surface area contributed by atoms with Gasteiger partial charge in [-0.3, -0.25) is 4.79 Å². The Morgan fingerprint density at radius 1 is 0.606 bits per heavy atom. The topological polar surface area (TPSA) is 40.9 Å². The third-order valence-corrected chi connectivity index (χ3v) is 6.43. The highest BCUT2D eigenvalue weighted by Crippen LogP contribution is 2.36. The Hall–Kier alpha value is -4.22. The fourth-order valence-electron chi connectivity index (χ4n) is 4.76. The highest BCUT2D eigenvalue weighted by atomic mass is 16.1. The van der Waals surface area contributed by atoms with Crippen LogP contribution in [0.1, 0.15) is 21.5 Å². The number of rotatable bonds is 6. The van der Waals surface area contributed by atoms with Gasteiger partial charge >= 0.3 is 0 Å². The van der Waals surface area contributed by atoms with Gasteiger partial charge in [0.1, 0.15) is 5.41 Å². The Morgan fingerprint density at radius 2 is 1.06 bits per heavy atom. The Balaban J connectivity index is 1.67. The molecule has 5 aromatic carbocycles. The number of nitrogens with zero attached hydrogens (tertiary/aromatic N) is 1. The van der Waals surface area contributed by atoms with Gasteiger partial charge in [-0.25, -0.2) is 0 Å². The second kappa shape index (κ2) is 8.73. The van der Waals surface area contributed by atoms with Crippen LogP contribution < -0.4 is 0 Å². The number of hydrogen-bond acceptors (Lipinski definition) is 2. The molecule has 0 saturated carbocycles. The number of nitriles is 1. The van der Waals surface area contributed by atoms with Crippen LogP contribution >= 0.6 is 0 Å². The predicted octanol–water partition coefficient (Wildman–Crippen LogP) is 7.17. The molecule has 0 heterocycles. The largest absolute Gasteiger partial charge is 0.292 e. The average Bonchev–Trinajstić information content (AvgIpc) is 2.89. The molecule has 0 atom stereocenters. The molecule has 0 aliphatic heterocycles. The molecule has 158 valence electrons. The van der Waals surface area contributed by atoms with Gasteiger partial charge < -0.3 is 0 Å². The smallest absolute Gasteiger partial charge is 0.183 e. The van der Waals surface area contributed by atoms with E-state index in [2.05, 4.69) is 42.5 Å². The normalized spacial score (nSPS) is 11.4. The first-order valence-electron chi connectivity index (χ1n) is 11.1. The summed E-state index contributed by atoms with van der Waals surface area (Å²) in [6, 6.07) is 40.2. The molecule has 0 N–H and O–H groups in total. The minimum Gasteiger partial charge on any atom is -0.292 e. The van der Waals surface area contributed by atoms with E-state index in [0.29, 0.717) is 18.4 Å². The Kier molecular flexibility index (Phi) is 5.47. The molecule has 0 amide bonds. The van der Waals surface area contributed by atoms with Crippen molar-refractivity contribution in [1.29, 1.82) is 5.26 Å². The summed E-state index contributed by atoms with van der Waals surface area (Å²) in [6.45, 7) is 0. The lowest BCUT2D eigenvalue weighted by molar-refractivity contribution is 0.0858. The number of carbonyl (C=O) groups is 1. The third kappa shape index (κ3) is 3.90. The molecule has 0 aromatic heterocycles. The molecule has 5 rings (SSSR count). The Labute approximate surface area is 193 Å². The Bertz CT molecular complexity index is 1400. The standard InChI is InChI=1S/C31H23NO/c32-22-31(30(33)25-12-2-1-3-13-25,20-26-16-8-14-23-10-4-6-18-28(23)26)21-27-17-9-15-24-11-5-7-19-29(24)27/h1-19H,20-21H2. The summed E-state index contributed by atoms with van der Waals surface area (Å²) < 4.78 is 0. The second-order valence-corrected chi connectivity index (χ2v) is 8.52. The molecule has 2 nitrogen and oxygen atoms in total. The molecule has 0 bridgehead atoms. The molecule has 0 unspecified atom stereocenters. The van der Waals surface area contributed by atoms with Crippen LogP contribution in [0.4, 0.5) is 0 Å². The highest BCUT2D eigenvalue weighted by molar-refractivity contribution is 6.03. The maximum atomic E-state index is 14.0. The van der Waals surface area contributed by atoms with E-state index in [4.69, 9.17) is 0 Å². The fourth-order valence-corrected chi connectivity index (χ4v) is 4.76. The summed E-state index contributed by atoms with van der Waals surface area (Å²) in [4.78, 5) is 14.0. The molecule has 33 heavy (non-hydrogen) atoms. The van der Waals surface area contributed by atoms with Crippen LogP contribution in [0.3, 0.4) is 0 Å². The molecule has 0 aliphatic rings. The molecule has 0 radical (unpaired) electrons. The van der Waals surface area contributed by atoms with Crippen LogP contribution in [0.25, 0.3) is 21.5 Å². The summed E-state index contributed by atoms with van der Waals surface area (Å²) >= 11 is 0. The van der Waals surface area contributed by atoms with Gasteiger partial charge in [0.25, 0.3) is 0 Å². The molecular weight excluding hydrogens is 402 g/mol. The number of benzene rings is 5. The van der Waals surface area contributed by atoms with Crippen LogP contribution in [0.15, 0.2) is 115 Å². The maximum Gasteiger partial charge on any atom is 0.183 e. The Morgan fingerprint density at radius 3 is 1.58 bits per heavy atom. The van der Waals surface area contributed by atoms with Crippen LogP contribution in [0.2, 0.25) is 0 Å². The van der Waals surface area contributed by atoms with Gasteiger partial charge in [0, 0.05) is 5.56 Å². The summed E-state index contributed by atoms with van der Waals surface area (Å²) in [6.07, 6.45) is 0.698. The van der Waals surface area contributed by atoms with Crippen LogP contribution in [-0.4, -0.2) is 5.78 Å². The first kappa shape index (κ1) is 20.7. The van der Waals surface area contributed by atoms with Crippen molar-refractivity contribution in [3.8, 4) is 6.07 Å². The van der Waals surface area contributed by atoms with Gasteiger partial charge in [0.15, 0.2) is 5.78 Å². The number of ketones is 1. The van der Waals surface area contributed by atoms with E-state index in [-0.39, 0.29) is 5.78 Å². The van der Waals surface area contributed by atoms with Crippen LogP contribution in [0.5, 0.6) is 0 Å². The number of carbonyl (C=O) groups excluding carboxylic acids is 1. The number of Topliss-reactive ketones (excluding diaryl/α,β-unsaturated/α-hetero) is 1. The molecule has 0 fully saturated rings. The van der Waals surface area contributed by atoms with Crippen molar-refractivity contribution in [3.05, 3.63) is 132 Å². The number of fused-ring (bicyclic) bond motifs is 2. The van der Waals surface area contributed by atoms with Crippen molar-refractivity contribution in [2.24, 2.45) is 5.41 Å². The minimum absolute atomic E-state index is 0.133. The van der Waals surface area contributed by atoms with Crippen molar-refractivity contribution < 1.29 is 4.79 Å². The van der Waals surface area contributed by atoms with E-state index < -0.39 is 5.41 Å². The molecular formula is C31H23NO. The summed E-state index contributed by atoms with van der Waals surface area (Å²) in [5.41, 5.74) is 1.37. The minimum atomic E-state index is -1.23. The monoisotopic (exact) mass is 425 g/mol. The zero-order valence-electron chi connectivity index (χ0n) is 18.2. The zero-order valence-corrected chi connectivity index (χ0v) is 18.2. The van der Waals surface area contributed by atoms with Gasteiger partial charge in [-0.15, -0.1) is 0 Å². The van der Waals surface area contributed by atoms with E-state index in [1.54, 1.807) is 12.1 Å². The first-order chi connectivity index (χ1) is 16.2. The van der Waals surface area contributed by atoms with E-state index in [1.165, 1.54) is 0 Å². The molecule has 0 saturated heterocycles. The van der Waals surface area contributed by atoms with Gasteiger partial charge in [0.05, 0.1) is 6.07 Å². The van der Waals surface area contributed by atoms with Gasteiger partial charge in [-0.1, -0.05) is 115 Å². The van der Waals surface area contributed by atoms with Crippen molar-refractivity contribution >= 4 is 27.3 Å². The van der Waals surface area contributed by atoms with Crippen molar-refractivity contribution in [1.82, 2.24) is 0 Å². The van der Waals surface area contributed by atoms with E-state index in [1.807, 2.05) is 66.7 Å². The third-order valence-electron chi connectivity index (χ3n) is 6.43. The second-order valence-electron chi connectivity index (χ2n) is 8.52. The predicted molar refractivity (Wildman–Crippen MR) is 134 cm³/mol. The first-order valence-corrected chi connectivity index (χ1v) is 11.1. The maximum absolute atomic E-state index is 14.0. The van der Waals surface area contributed by atoms with E-state index >= 15 is 0 Å². The lowest BCUT2D eigenvalue weighted by atomic mass is 9.71. The SMILES string of the molecule is N#CC(Cc1cccc2ccccc12)(Cc1cccc2ccccc12)C(=O)c1ccccc1. The van der Waals surface area contributed by atoms with Crippen molar-refractivity contribution in [2.75, 3.05) is 0 Å². The fraction of sp³-hybridized carbons (Fsp3) is 0.0968. The zero-order chi connectivity index (χ0) is 22.7. The van der Waals surface area contributed by atoms with E-state index in [0.717, 1.165) is 32.7 Å². The number of hydrogen-bond donors (Lipinski definition) is 0. The summed E-state index contributed by atoms with van der Waals surface area (Å²) in [5, 5.41) is 15.0. The molecule has 0 aliphatic carbocycles. The average molecular weight is 426 g/mol. The van der Waals surface area contributed by atoms with E-state index in [9.17, 15) is 10.1 Å². The highest BCUT2D eigenvalue weighted by Gasteiger charge is 2.40. The molecule has 5 aromatic rings. The van der Waals surface area contributed by atoms with Crippen molar-refractivity contribution in [3.63, 3.8) is 0 Å². The molecule has 2 heteroatoms. The van der Waals surface area contributed by atoms with Gasteiger partial charge in [0.2, 0.25) is 0 Å². The lowest BCUT2D eigenvalue weighted by Gasteiger charge is -2.27. The van der Waals surface area contributed by atoms with Gasteiger partial charge in [-0.2, -0.15) is 5.26 Å². The summed E-state index contributed by atoms with van der Waals surface area (Å²) in [5.74, 6) is -0.133. The quantitative estimate of drug-likeness (QED) is 0.271. The van der Waals surface area contributed by atoms with Crippen LogP contribution in [-0.2, 0) is 12.8 Å². The van der Waals surface area contributed by atoms with Crippen molar-refractivity contribution in [2.45, 2.75) is 12.8 Å². The van der Waals surface area contributed by atoms with Gasteiger partial charge in [-0.05, 0) is 45.5 Å². The lowest BCUT2D eigenvalue weighted by Crippen LogP contribution is -2.35. The van der Waals surface area contributed by atoms with Crippen LogP contribution in [0, 0.1) is 16.7 Å². The molecule has 0 spiro atoms.